The van der Waals surface area contributed by atoms with Gasteiger partial charge in [0, 0.05) is 11.1 Å². The maximum absolute atomic E-state index is 13.3. The molecule has 0 amide bonds. The van der Waals surface area contributed by atoms with E-state index in [1.807, 2.05) is 0 Å². The van der Waals surface area contributed by atoms with Crippen molar-refractivity contribution in [1.82, 2.24) is 0 Å². The zero-order valence-corrected chi connectivity index (χ0v) is 9.01. The van der Waals surface area contributed by atoms with Crippen molar-refractivity contribution >= 4 is 0 Å². The van der Waals surface area contributed by atoms with Crippen LogP contribution < -0.4 is 4.74 Å². The van der Waals surface area contributed by atoms with Gasteiger partial charge in [0.25, 0.3) is 0 Å². The average Bonchev–Trinajstić information content (AvgIpc) is 2.18. The van der Waals surface area contributed by atoms with E-state index in [9.17, 15) is 9.50 Å². The molecule has 0 unspecified atom stereocenters. The molecule has 15 heavy (non-hydrogen) atoms. The van der Waals surface area contributed by atoms with Crippen molar-refractivity contribution in [3.63, 3.8) is 0 Å². The predicted molar refractivity (Wildman–Crippen MR) is 55.4 cm³/mol. The van der Waals surface area contributed by atoms with Gasteiger partial charge in [-0.25, -0.2) is 4.39 Å². The second kappa shape index (κ2) is 3.49. The SMILES string of the molecule is COc1c(C2(O)CCC2)ccc(F)c1C. The van der Waals surface area contributed by atoms with Gasteiger partial charge in [0.1, 0.15) is 11.6 Å². The van der Waals surface area contributed by atoms with Gasteiger partial charge in [-0.2, -0.15) is 0 Å². The summed E-state index contributed by atoms with van der Waals surface area (Å²) in [7, 11) is 1.51. The summed E-state index contributed by atoms with van der Waals surface area (Å²) in [5.74, 6) is 0.190. The summed E-state index contributed by atoms with van der Waals surface area (Å²) in [4.78, 5) is 0. The maximum Gasteiger partial charge on any atom is 0.130 e. The van der Waals surface area contributed by atoms with E-state index in [2.05, 4.69) is 0 Å². The molecule has 2 nitrogen and oxygen atoms in total. The Balaban J connectivity index is 2.52. The first-order valence-corrected chi connectivity index (χ1v) is 5.14. The van der Waals surface area contributed by atoms with Crippen LogP contribution in [-0.2, 0) is 5.60 Å². The Hall–Kier alpha value is -1.09. The third kappa shape index (κ3) is 1.51. The highest BCUT2D eigenvalue weighted by atomic mass is 19.1. The van der Waals surface area contributed by atoms with E-state index < -0.39 is 5.60 Å². The fraction of sp³-hybridized carbons (Fsp3) is 0.500. The lowest BCUT2D eigenvalue weighted by atomic mass is 9.74. The Bertz CT molecular complexity index is 383. The van der Waals surface area contributed by atoms with Crippen LogP contribution in [0, 0.1) is 12.7 Å². The van der Waals surface area contributed by atoms with Crippen molar-refractivity contribution in [2.24, 2.45) is 0 Å². The molecular weight excluding hydrogens is 195 g/mol. The fourth-order valence-electron chi connectivity index (χ4n) is 2.08. The van der Waals surface area contributed by atoms with Crippen LogP contribution in [0.15, 0.2) is 12.1 Å². The van der Waals surface area contributed by atoms with E-state index in [4.69, 9.17) is 4.74 Å². The Morgan fingerprint density at radius 3 is 2.53 bits per heavy atom. The van der Waals surface area contributed by atoms with Crippen LogP contribution in [-0.4, -0.2) is 12.2 Å². The summed E-state index contributed by atoms with van der Waals surface area (Å²) in [5, 5.41) is 10.2. The summed E-state index contributed by atoms with van der Waals surface area (Å²) in [6.45, 7) is 1.67. The molecule has 82 valence electrons. The fourth-order valence-corrected chi connectivity index (χ4v) is 2.08. The third-order valence-electron chi connectivity index (χ3n) is 3.23. The molecule has 0 spiro atoms. The highest BCUT2D eigenvalue weighted by Crippen LogP contribution is 2.45. The van der Waals surface area contributed by atoms with Gasteiger partial charge in [-0.05, 0) is 38.3 Å². The molecule has 0 radical (unpaired) electrons. The Morgan fingerprint density at radius 1 is 1.40 bits per heavy atom. The number of hydrogen-bond donors (Lipinski definition) is 1. The van der Waals surface area contributed by atoms with Gasteiger partial charge in [0.05, 0.1) is 12.7 Å². The van der Waals surface area contributed by atoms with Crippen LogP contribution in [0.5, 0.6) is 5.75 Å². The quantitative estimate of drug-likeness (QED) is 0.812. The molecule has 1 aliphatic carbocycles. The van der Waals surface area contributed by atoms with Crippen molar-refractivity contribution < 1.29 is 14.2 Å². The Labute approximate surface area is 88.7 Å². The summed E-state index contributed by atoms with van der Waals surface area (Å²) >= 11 is 0. The van der Waals surface area contributed by atoms with Crippen LogP contribution >= 0.6 is 0 Å². The normalized spacial score (nSPS) is 18.4. The van der Waals surface area contributed by atoms with Gasteiger partial charge in [-0.3, -0.25) is 0 Å². The van der Waals surface area contributed by atoms with E-state index in [0.29, 0.717) is 11.3 Å². The highest BCUT2D eigenvalue weighted by Gasteiger charge is 2.39. The van der Waals surface area contributed by atoms with Crippen LogP contribution in [0.1, 0.15) is 30.4 Å². The van der Waals surface area contributed by atoms with Crippen LogP contribution in [0.25, 0.3) is 0 Å². The van der Waals surface area contributed by atoms with E-state index in [-0.39, 0.29) is 5.82 Å². The topological polar surface area (TPSA) is 29.5 Å². The molecule has 0 atom stereocenters. The van der Waals surface area contributed by atoms with Gasteiger partial charge in [0.15, 0.2) is 0 Å². The molecule has 1 fully saturated rings. The molecule has 3 heteroatoms. The molecule has 1 N–H and O–H groups in total. The average molecular weight is 210 g/mol. The van der Waals surface area contributed by atoms with E-state index in [1.54, 1.807) is 13.0 Å². The lowest BCUT2D eigenvalue weighted by molar-refractivity contribution is -0.0405. The van der Waals surface area contributed by atoms with Crippen molar-refractivity contribution in [3.05, 3.63) is 29.1 Å². The maximum atomic E-state index is 13.3. The molecule has 1 aliphatic rings. The highest BCUT2D eigenvalue weighted by molar-refractivity contribution is 5.45. The summed E-state index contributed by atoms with van der Waals surface area (Å²) in [6.07, 6.45) is 2.47. The molecule has 0 saturated heterocycles. The lowest BCUT2D eigenvalue weighted by Gasteiger charge is -2.38. The van der Waals surface area contributed by atoms with Crippen LogP contribution in [0.4, 0.5) is 4.39 Å². The largest absolute Gasteiger partial charge is 0.496 e. The monoisotopic (exact) mass is 210 g/mol. The lowest BCUT2D eigenvalue weighted by Crippen LogP contribution is -2.34. The van der Waals surface area contributed by atoms with E-state index in [0.717, 1.165) is 24.8 Å². The second-order valence-corrected chi connectivity index (χ2v) is 4.14. The number of benzene rings is 1. The van der Waals surface area contributed by atoms with Crippen LogP contribution in [0.2, 0.25) is 0 Å². The summed E-state index contributed by atoms with van der Waals surface area (Å²) < 4.78 is 18.5. The molecule has 0 aliphatic heterocycles. The van der Waals surface area contributed by atoms with Gasteiger partial charge < -0.3 is 9.84 Å². The van der Waals surface area contributed by atoms with Crippen LogP contribution in [0.3, 0.4) is 0 Å². The molecule has 0 heterocycles. The number of methoxy groups -OCH3 is 1. The third-order valence-corrected chi connectivity index (χ3v) is 3.23. The molecule has 2 rings (SSSR count). The predicted octanol–water partition coefficient (Wildman–Crippen LogP) is 2.51. The van der Waals surface area contributed by atoms with Gasteiger partial charge in [-0.1, -0.05) is 0 Å². The van der Waals surface area contributed by atoms with Gasteiger partial charge >= 0.3 is 0 Å². The molecule has 1 aromatic carbocycles. The minimum Gasteiger partial charge on any atom is -0.496 e. The number of aliphatic hydroxyl groups is 1. The first kappa shape index (κ1) is 10.4. The van der Waals surface area contributed by atoms with Gasteiger partial charge in [-0.15, -0.1) is 0 Å². The Morgan fingerprint density at radius 2 is 2.07 bits per heavy atom. The molecule has 1 aromatic rings. The smallest absolute Gasteiger partial charge is 0.130 e. The van der Waals surface area contributed by atoms with Crippen molar-refractivity contribution in [2.75, 3.05) is 7.11 Å². The zero-order chi connectivity index (χ0) is 11.1. The molecular formula is C12H15FO2. The van der Waals surface area contributed by atoms with Gasteiger partial charge in [0.2, 0.25) is 0 Å². The molecule has 0 aromatic heterocycles. The molecule has 0 bridgehead atoms. The minimum absolute atomic E-state index is 0.293. The second-order valence-electron chi connectivity index (χ2n) is 4.14. The first-order chi connectivity index (χ1) is 7.08. The Kier molecular flexibility index (Phi) is 2.43. The zero-order valence-electron chi connectivity index (χ0n) is 9.01. The van der Waals surface area contributed by atoms with E-state index >= 15 is 0 Å². The number of halogens is 1. The minimum atomic E-state index is -0.802. The molecule has 1 saturated carbocycles. The first-order valence-electron chi connectivity index (χ1n) is 5.14. The standard InChI is InChI=1S/C12H15FO2/c1-8-10(13)5-4-9(11(8)15-2)12(14)6-3-7-12/h4-5,14H,3,6-7H2,1-2H3. The van der Waals surface area contributed by atoms with E-state index in [1.165, 1.54) is 13.2 Å². The summed E-state index contributed by atoms with van der Waals surface area (Å²) in [6, 6.07) is 3.02. The summed E-state index contributed by atoms with van der Waals surface area (Å²) in [5.41, 5.74) is 0.384. The number of hydrogen-bond acceptors (Lipinski definition) is 2. The number of ether oxygens (including phenoxy) is 1. The van der Waals surface area contributed by atoms with Crippen molar-refractivity contribution in [1.29, 1.82) is 0 Å². The van der Waals surface area contributed by atoms with Crippen molar-refractivity contribution in [2.45, 2.75) is 31.8 Å². The van der Waals surface area contributed by atoms with Crippen molar-refractivity contribution in [3.8, 4) is 5.75 Å². The number of rotatable bonds is 2.